The average Bonchev–Trinajstić information content (AvgIpc) is 2.65. The van der Waals surface area contributed by atoms with Gasteiger partial charge in [-0.2, -0.15) is 0 Å². The van der Waals surface area contributed by atoms with Crippen LogP contribution in [-0.2, 0) is 4.74 Å². The Morgan fingerprint density at radius 1 is 1.50 bits per heavy atom. The molecule has 0 saturated heterocycles. The smallest absolute Gasteiger partial charge is 0.350 e. The van der Waals surface area contributed by atoms with Crippen molar-refractivity contribution < 1.29 is 14.3 Å². The van der Waals surface area contributed by atoms with Crippen molar-refractivity contribution in [2.45, 2.75) is 0 Å². The molecule has 0 unspecified atom stereocenters. The van der Waals surface area contributed by atoms with E-state index in [0.717, 1.165) is 0 Å². The molecule has 2 heterocycles. The number of esters is 1. The molecule has 2 rings (SSSR count). The number of carbonyl (C=O) groups excluding carboxylic acids is 1. The van der Waals surface area contributed by atoms with Crippen molar-refractivity contribution in [3.8, 4) is 5.75 Å². The predicted molar refractivity (Wildman–Crippen MR) is 61.9 cm³/mol. The second-order valence-corrected chi connectivity index (χ2v) is 4.06. The second kappa shape index (κ2) is 3.97. The van der Waals surface area contributed by atoms with Crippen molar-refractivity contribution in [2.24, 2.45) is 0 Å². The van der Waals surface area contributed by atoms with Gasteiger partial charge >= 0.3 is 5.97 Å². The van der Waals surface area contributed by atoms with E-state index in [1.165, 1.54) is 18.4 Å². The molecule has 16 heavy (non-hydrogen) atoms. The molecular formula is C10H10N2O3S. The number of methoxy groups -OCH3 is 2. The van der Waals surface area contributed by atoms with E-state index in [9.17, 15) is 4.79 Å². The molecule has 0 fully saturated rings. The van der Waals surface area contributed by atoms with E-state index in [2.05, 4.69) is 9.72 Å². The number of pyridine rings is 1. The highest BCUT2D eigenvalue weighted by molar-refractivity contribution is 7.21. The summed E-state index contributed by atoms with van der Waals surface area (Å²) >= 11 is 1.21. The fraction of sp³-hybridized carbons (Fsp3) is 0.200. The number of hydrogen-bond donors (Lipinski definition) is 1. The van der Waals surface area contributed by atoms with E-state index in [1.807, 2.05) is 0 Å². The van der Waals surface area contributed by atoms with E-state index in [1.54, 1.807) is 19.4 Å². The van der Waals surface area contributed by atoms with E-state index >= 15 is 0 Å². The van der Waals surface area contributed by atoms with Crippen molar-refractivity contribution in [2.75, 3.05) is 20.0 Å². The predicted octanol–water partition coefficient (Wildman–Crippen LogP) is 1.67. The zero-order valence-electron chi connectivity index (χ0n) is 8.81. The molecule has 0 saturated carbocycles. The quantitative estimate of drug-likeness (QED) is 0.805. The minimum atomic E-state index is -0.445. The molecular weight excluding hydrogens is 228 g/mol. The second-order valence-electron chi connectivity index (χ2n) is 3.06. The van der Waals surface area contributed by atoms with Gasteiger partial charge in [-0.3, -0.25) is 0 Å². The van der Waals surface area contributed by atoms with Gasteiger partial charge in [0, 0.05) is 5.39 Å². The maximum Gasteiger partial charge on any atom is 0.350 e. The maximum atomic E-state index is 11.4. The van der Waals surface area contributed by atoms with Crippen LogP contribution >= 0.6 is 11.3 Å². The Morgan fingerprint density at radius 2 is 2.25 bits per heavy atom. The van der Waals surface area contributed by atoms with Crippen LogP contribution in [0, 0.1) is 0 Å². The van der Waals surface area contributed by atoms with Crippen LogP contribution in [0.3, 0.4) is 0 Å². The van der Waals surface area contributed by atoms with Crippen molar-refractivity contribution >= 4 is 33.2 Å². The standard InChI is InChI=1S/C10H10N2O3S/c1-14-5-3-6-7(11)8(10(13)15-2)16-9(6)12-4-5/h3-4H,11H2,1-2H3. The summed E-state index contributed by atoms with van der Waals surface area (Å²) in [5.74, 6) is 0.160. The lowest BCUT2D eigenvalue weighted by Gasteiger charge is -1.98. The zero-order chi connectivity index (χ0) is 11.7. The summed E-state index contributed by atoms with van der Waals surface area (Å²) in [5.41, 5.74) is 6.24. The van der Waals surface area contributed by atoms with Gasteiger partial charge in [-0.15, -0.1) is 11.3 Å². The van der Waals surface area contributed by atoms with E-state index < -0.39 is 5.97 Å². The molecule has 2 N–H and O–H groups in total. The molecule has 2 aromatic rings. The summed E-state index contributed by atoms with van der Waals surface area (Å²) in [6.45, 7) is 0. The van der Waals surface area contributed by atoms with Crippen LogP contribution in [0.5, 0.6) is 5.75 Å². The van der Waals surface area contributed by atoms with Crippen molar-refractivity contribution in [1.82, 2.24) is 4.98 Å². The molecule has 0 spiro atoms. The molecule has 0 aromatic carbocycles. The van der Waals surface area contributed by atoms with Gasteiger partial charge in [0.15, 0.2) is 0 Å². The fourth-order valence-electron chi connectivity index (χ4n) is 1.34. The highest BCUT2D eigenvalue weighted by atomic mass is 32.1. The Balaban J connectivity index is 2.64. The molecule has 6 heteroatoms. The highest BCUT2D eigenvalue weighted by Gasteiger charge is 2.17. The Bertz CT molecular complexity index is 550. The number of fused-ring (bicyclic) bond motifs is 1. The number of rotatable bonds is 2. The summed E-state index contributed by atoms with van der Waals surface area (Å²) in [7, 11) is 2.87. The molecule has 84 valence electrons. The van der Waals surface area contributed by atoms with Gasteiger partial charge < -0.3 is 15.2 Å². The van der Waals surface area contributed by atoms with Gasteiger partial charge in [0.2, 0.25) is 0 Å². The third-order valence-electron chi connectivity index (χ3n) is 2.17. The number of carbonyl (C=O) groups is 1. The van der Waals surface area contributed by atoms with Gasteiger partial charge in [0.05, 0.1) is 26.1 Å². The van der Waals surface area contributed by atoms with E-state index in [4.69, 9.17) is 10.5 Å². The van der Waals surface area contributed by atoms with Crippen LogP contribution in [0.25, 0.3) is 10.2 Å². The zero-order valence-corrected chi connectivity index (χ0v) is 9.63. The number of ether oxygens (including phenoxy) is 2. The summed E-state index contributed by atoms with van der Waals surface area (Å²) in [6, 6.07) is 1.75. The molecule has 0 radical (unpaired) electrons. The van der Waals surface area contributed by atoms with Crippen LogP contribution in [0.1, 0.15) is 9.67 Å². The number of aromatic nitrogens is 1. The number of hydrogen-bond acceptors (Lipinski definition) is 6. The molecule has 5 nitrogen and oxygen atoms in total. The first-order valence-electron chi connectivity index (χ1n) is 4.47. The Kier molecular flexibility index (Phi) is 2.66. The number of nitrogen functional groups attached to an aromatic ring is 1. The number of nitrogens with zero attached hydrogens (tertiary/aromatic N) is 1. The minimum absolute atomic E-state index is 0.373. The monoisotopic (exact) mass is 238 g/mol. The average molecular weight is 238 g/mol. The first-order chi connectivity index (χ1) is 7.67. The Morgan fingerprint density at radius 3 is 2.88 bits per heavy atom. The molecule has 0 bridgehead atoms. The Hall–Kier alpha value is -1.82. The molecule has 0 aliphatic rings. The van der Waals surface area contributed by atoms with Gasteiger partial charge in [0.25, 0.3) is 0 Å². The van der Waals surface area contributed by atoms with E-state index in [0.29, 0.717) is 26.5 Å². The minimum Gasteiger partial charge on any atom is -0.495 e. The molecule has 0 amide bonds. The fourth-order valence-corrected chi connectivity index (χ4v) is 2.30. The van der Waals surface area contributed by atoms with Crippen molar-refractivity contribution in [3.05, 3.63) is 17.1 Å². The van der Waals surface area contributed by atoms with Crippen LogP contribution in [0.2, 0.25) is 0 Å². The first kappa shape index (κ1) is 10.7. The highest BCUT2D eigenvalue weighted by Crippen LogP contribution is 2.34. The topological polar surface area (TPSA) is 74.4 Å². The maximum absolute atomic E-state index is 11.4. The van der Waals surface area contributed by atoms with E-state index in [-0.39, 0.29) is 0 Å². The number of thiophene rings is 1. The van der Waals surface area contributed by atoms with Gasteiger partial charge in [-0.05, 0) is 6.07 Å². The van der Waals surface area contributed by atoms with Crippen LogP contribution < -0.4 is 10.5 Å². The SMILES string of the molecule is COC(=O)c1sc2ncc(OC)cc2c1N. The molecule has 0 atom stereocenters. The van der Waals surface area contributed by atoms with Crippen molar-refractivity contribution in [1.29, 1.82) is 0 Å². The van der Waals surface area contributed by atoms with Crippen LogP contribution in [0.4, 0.5) is 5.69 Å². The molecule has 0 aliphatic carbocycles. The number of anilines is 1. The molecule has 0 aliphatic heterocycles. The molecule has 2 aromatic heterocycles. The van der Waals surface area contributed by atoms with Crippen molar-refractivity contribution in [3.63, 3.8) is 0 Å². The summed E-state index contributed by atoms with van der Waals surface area (Å²) in [6.07, 6.45) is 1.58. The van der Waals surface area contributed by atoms with Gasteiger partial charge in [0.1, 0.15) is 15.5 Å². The summed E-state index contributed by atoms with van der Waals surface area (Å²) in [4.78, 5) is 16.6. The third kappa shape index (κ3) is 1.57. The normalized spacial score (nSPS) is 10.4. The summed E-state index contributed by atoms with van der Waals surface area (Å²) < 4.78 is 9.68. The third-order valence-corrected chi connectivity index (χ3v) is 3.28. The van der Waals surface area contributed by atoms with Gasteiger partial charge in [-0.25, -0.2) is 9.78 Å². The lowest BCUT2D eigenvalue weighted by molar-refractivity contribution is 0.0607. The summed E-state index contributed by atoms with van der Waals surface area (Å²) in [5, 5.41) is 0.713. The number of nitrogens with two attached hydrogens (primary N) is 1. The lowest BCUT2D eigenvalue weighted by Crippen LogP contribution is -2.01. The largest absolute Gasteiger partial charge is 0.495 e. The van der Waals surface area contributed by atoms with Crippen LogP contribution in [0.15, 0.2) is 12.3 Å². The van der Waals surface area contributed by atoms with Gasteiger partial charge in [-0.1, -0.05) is 0 Å². The first-order valence-corrected chi connectivity index (χ1v) is 5.29. The van der Waals surface area contributed by atoms with Crippen LogP contribution in [-0.4, -0.2) is 25.2 Å². The lowest BCUT2D eigenvalue weighted by atomic mass is 10.2. The Labute approximate surface area is 95.8 Å².